The van der Waals surface area contributed by atoms with E-state index in [2.05, 4.69) is 22.8 Å². The fourth-order valence-electron chi connectivity index (χ4n) is 6.22. The van der Waals surface area contributed by atoms with Crippen molar-refractivity contribution >= 4 is 11.8 Å². The molecule has 3 unspecified atom stereocenters. The van der Waals surface area contributed by atoms with Crippen LogP contribution in [-0.4, -0.2) is 76.8 Å². The number of amidine groups is 1. The van der Waals surface area contributed by atoms with Gasteiger partial charge in [0.25, 0.3) is 0 Å². The third-order valence-electron chi connectivity index (χ3n) is 8.24. The maximum Gasteiger partial charge on any atom is 0.370 e. The van der Waals surface area contributed by atoms with Gasteiger partial charge < -0.3 is 19.8 Å². The first-order chi connectivity index (χ1) is 18.2. The van der Waals surface area contributed by atoms with E-state index in [0.29, 0.717) is 24.8 Å². The van der Waals surface area contributed by atoms with E-state index in [9.17, 15) is 14.3 Å². The number of carboxylic acids is 1. The Morgan fingerprint density at radius 3 is 2.68 bits per heavy atom. The van der Waals surface area contributed by atoms with Gasteiger partial charge in [-0.25, -0.2) is 9.18 Å². The van der Waals surface area contributed by atoms with E-state index in [-0.39, 0.29) is 12.0 Å². The molecule has 0 aromatic rings. The van der Waals surface area contributed by atoms with Gasteiger partial charge in [-0.3, -0.25) is 10.3 Å². The fraction of sp³-hybridized carbons (Fsp3) is 0.600. The first kappa shape index (κ1) is 28.1. The maximum atomic E-state index is 13.7. The molecule has 4 aliphatic rings. The minimum absolute atomic E-state index is 0.113. The number of likely N-dealkylation sites (tertiary alicyclic amines) is 2. The van der Waals surface area contributed by atoms with Crippen LogP contribution in [0.25, 0.3) is 0 Å². The highest BCUT2D eigenvalue weighted by Gasteiger charge is 2.40. The van der Waals surface area contributed by atoms with E-state index in [1.54, 1.807) is 6.08 Å². The van der Waals surface area contributed by atoms with Crippen LogP contribution in [0.4, 0.5) is 4.39 Å². The number of alkyl halides is 1. The molecule has 0 bridgehead atoms. The van der Waals surface area contributed by atoms with Gasteiger partial charge in [0.1, 0.15) is 17.8 Å². The highest BCUT2D eigenvalue weighted by atomic mass is 19.1. The number of piperidine rings is 1. The second kappa shape index (κ2) is 12.3. The molecular formula is C30H42FN3O4. The summed E-state index contributed by atoms with van der Waals surface area (Å²) in [5, 5.41) is 27.5. The summed E-state index contributed by atoms with van der Waals surface area (Å²) in [7, 11) is 0. The minimum atomic E-state index is -1.36. The van der Waals surface area contributed by atoms with Crippen molar-refractivity contribution in [1.29, 1.82) is 5.41 Å². The molecule has 0 aromatic heterocycles. The zero-order valence-electron chi connectivity index (χ0n) is 22.8. The number of allylic oxidation sites excluding steroid dienone is 6. The number of carbonyl (C=O) groups is 1. The van der Waals surface area contributed by atoms with Gasteiger partial charge in [0, 0.05) is 44.1 Å². The Balaban J connectivity index is 1.43. The average molecular weight is 528 g/mol. The van der Waals surface area contributed by atoms with Crippen LogP contribution in [0, 0.1) is 23.2 Å². The smallest absolute Gasteiger partial charge is 0.370 e. The summed E-state index contributed by atoms with van der Waals surface area (Å²) in [6.07, 6.45) is 12.5. The molecule has 2 aliphatic carbocycles. The van der Waals surface area contributed by atoms with Gasteiger partial charge in [-0.2, -0.15) is 0 Å². The zero-order valence-corrected chi connectivity index (χ0v) is 22.8. The van der Waals surface area contributed by atoms with E-state index in [0.717, 1.165) is 63.2 Å². The largest absolute Gasteiger partial charge is 0.502 e. The molecule has 0 radical (unpaired) electrons. The molecule has 7 nitrogen and oxygen atoms in total. The average Bonchev–Trinajstić information content (AvgIpc) is 2.85. The number of aliphatic hydroxyl groups excluding tert-OH is 1. The van der Waals surface area contributed by atoms with Crippen molar-refractivity contribution in [2.45, 2.75) is 65.1 Å². The SMILES string of the molecule is CCC[C@H]1CC(CN2CC(N3CCC(C)C(/C=C(\O)C(=O)O)C3=N)C2)=CC(OCC)=C1C1=CCC(F)C=C1. The van der Waals surface area contributed by atoms with Crippen molar-refractivity contribution in [1.82, 2.24) is 9.80 Å². The van der Waals surface area contributed by atoms with Crippen LogP contribution in [-0.2, 0) is 9.53 Å². The van der Waals surface area contributed by atoms with Crippen LogP contribution in [0.5, 0.6) is 0 Å². The zero-order chi connectivity index (χ0) is 27.4. The molecule has 0 spiro atoms. The van der Waals surface area contributed by atoms with Gasteiger partial charge in [-0.15, -0.1) is 0 Å². The highest BCUT2D eigenvalue weighted by molar-refractivity contribution is 5.88. The topological polar surface area (TPSA) is 97.1 Å². The lowest BCUT2D eigenvalue weighted by atomic mass is 9.78. The number of halogens is 1. The summed E-state index contributed by atoms with van der Waals surface area (Å²) in [5.41, 5.74) is 3.64. The number of aliphatic carboxylic acids is 1. The molecule has 4 rings (SSSR count). The Labute approximate surface area is 225 Å². The predicted octanol–water partition coefficient (Wildman–Crippen LogP) is 5.39. The lowest BCUT2D eigenvalue weighted by Crippen LogP contribution is -2.63. The normalized spacial score (nSPS) is 29.2. The number of aliphatic hydroxyl groups is 1. The Morgan fingerprint density at radius 2 is 2.05 bits per heavy atom. The first-order valence-corrected chi connectivity index (χ1v) is 14.0. The van der Waals surface area contributed by atoms with E-state index < -0.39 is 23.8 Å². The molecule has 3 N–H and O–H groups in total. The van der Waals surface area contributed by atoms with Gasteiger partial charge in [-0.05, 0) is 61.8 Å². The Kier molecular flexibility index (Phi) is 9.13. The molecule has 0 amide bonds. The van der Waals surface area contributed by atoms with Crippen molar-refractivity contribution in [3.8, 4) is 0 Å². The van der Waals surface area contributed by atoms with Crippen molar-refractivity contribution in [2.24, 2.45) is 17.8 Å². The van der Waals surface area contributed by atoms with E-state index in [4.69, 9.17) is 15.3 Å². The van der Waals surface area contributed by atoms with Gasteiger partial charge in [0.15, 0.2) is 5.76 Å². The molecule has 38 heavy (non-hydrogen) atoms. The Hall–Kier alpha value is -2.87. The Morgan fingerprint density at radius 1 is 1.29 bits per heavy atom. The third kappa shape index (κ3) is 6.22. The molecule has 2 fully saturated rings. The molecule has 4 atom stereocenters. The molecule has 2 heterocycles. The van der Waals surface area contributed by atoms with Gasteiger partial charge >= 0.3 is 5.97 Å². The van der Waals surface area contributed by atoms with Crippen molar-refractivity contribution in [3.63, 3.8) is 0 Å². The Bertz CT molecular complexity index is 1070. The van der Waals surface area contributed by atoms with Gasteiger partial charge in [-0.1, -0.05) is 38.0 Å². The number of ether oxygens (including phenoxy) is 1. The van der Waals surface area contributed by atoms with Crippen LogP contribution in [0.2, 0.25) is 0 Å². The van der Waals surface area contributed by atoms with Crippen molar-refractivity contribution in [3.05, 3.63) is 58.6 Å². The molecule has 8 heteroatoms. The van der Waals surface area contributed by atoms with Crippen molar-refractivity contribution in [2.75, 3.05) is 32.8 Å². The summed E-state index contributed by atoms with van der Waals surface area (Å²) in [6, 6.07) is 0.220. The maximum absolute atomic E-state index is 13.7. The lowest BCUT2D eigenvalue weighted by Gasteiger charge is -2.50. The fourth-order valence-corrected chi connectivity index (χ4v) is 6.22. The van der Waals surface area contributed by atoms with Crippen LogP contribution in [0.1, 0.15) is 52.9 Å². The second-order valence-corrected chi connectivity index (χ2v) is 11.0. The number of rotatable bonds is 10. The number of hydrogen-bond acceptors (Lipinski definition) is 5. The third-order valence-corrected chi connectivity index (χ3v) is 8.24. The molecule has 0 aromatic carbocycles. The summed E-state index contributed by atoms with van der Waals surface area (Å²) in [5.74, 6) is -0.660. The summed E-state index contributed by atoms with van der Waals surface area (Å²) in [6.45, 7) is 10.1. The van der Waals surface area contributed by atoms with Crippen LogP contribution in [0.15, 0.2) is 58.6 Å². The predicted molar refractivity (Wildman–Crippen MR) is 147 cm³/mol. The number of carboxylic acid groups (broad SMARTS) is 1. The van der Waals surface area contributed by atoms with Crippen LogP contribution >= 0.6 is 0 Å². The lowest BCUT2D eigenvalue weighted by molar-refractivity contribution is -0.135. The van der Waals surface area contributed by atoms with E-state index in [1.165, 1.54) is 17.2 Å². The van der Waals surface area contributed by atoms with Gasteiger partial charge in [0.05, 0.1) is 12.6 Å². The van der Waals surface area contributed by atoms with Crippen LogP contribution < -0.4 is 0 Å². The number of hydrogen-bond donors (Lipinski definition) is 3. The monoisotopic (exact) mass is 527 g/mol. The van der Waals surface area contributed by atoms with E-state index >= 15 is 0 Å². The molecular weight excluding hydrogens is 485 g/mol. The quantitative estimate of drug-likeness (QED) is 0.260. The molecule has 2 aliphatic heterocycles. The van der Waals surface area contributed by atoms with Crippen LogP contribution in [0.3, 0.4) is 0 Å². The van der Waals surface area contributed by atoms with Crippen molar-refractivity contribution < 1.29 is 24.1 Å². The second-order valence-electron chi connectivity index (χ2n) is 11.0. The summed E-state index contributed by atoms with van der Waals surface area (Å²) < 4.78 is 19.9. The number of nitrogens with zero attached hydrogens (tertiary/aromatic N) is 2. The molecule has 0 saturated carbocycles. The van der Waals surface area contributed by atoms with Gasteiger partial charge in [0.2, 0.25) is 0 Å². The molecule has 2 saturated heterocycles. The number of nitrogens with one attached hydrogen (secondary N) is 1. The summed E-state index contributed by atoms with van der Waals surface area (Å²) >= 11 is 0. The minimum Gasteiger partial charge on any atom is -0.502 e. The molecule has 208 valence electrons. The first-order valence-electron chi connectivity index (χ1n) is 14.0. The van der Waals surface area contributed by atoms with E-state index in [1.807, 2.05) is 26.0 Å². The standard InChI is InChI=1S/C30H42FN3O4/c1-4-6-22-13-20(14-27(38-5-2)28(22)21-7-9-23(31)10-8-21)16-33-17-24(18-33)34-12-11-19(3)25(29(34)32)15-26(35)30(36)37/h7-9,14-15,19,22-25,32,35H,4-6,10-13,16-18H2,1-3H3,(H,36,37)/b26-15-,32-29?/t19?,22-,23?,25?/m0/s1. The highest BCUT2D eigenvalue weighted by Crippen LogP contribution is 2.40. The summed E-state index contributed by atoms with van der Waals surface area (Å²) in [4.78, 5) is 15.6.